The summed E-state index contributed by atoms with van der Waals surface area (Å²) >= 11 is 0. The number of rotatable bonds is 10. The second-order valence-electron chi connectivity index (χ2n) is 8.96. The molecule has 1 amide bonds. The van der Waals surface area contributed by atoms with Crippen LogP contribution < -0.4 is 4.74 Å². The third kappa shape index (κ3) is 6.51. The van der Waals surface area contributed by atoms with Crippen molar-refractivity contribution in [2.24, 2.45) is 11.8 Å². The monoisotopic (exact) mass is 502 g/mol. The lowest BCUT2D eigenvalue weighted by Gasteiger charge is -2.16. The molecule has 2 heterocycles. The maximum absolute atomic E-state index is 12.5. The third-order valence-electron chi connectivity index (χ3n) is 6.43. The summed E-state index contributed by atoms with van der Waals surface area (Å²) in [5, 5.41) is 0. The lowest BCUT2D eigenvalue weighted by molar-refractivity contribution is -0.120. The summed E-state index contributed by atoms with van der Waals surface area (Å²) in [5.74, 6) is 1.15. The average Bonchev–Trinajstić information content (AvgIpc) is 3.49. The predicted molar refractivity (Wildman–Crippen MR) is 136 cm³/mol. The molecule has 1 aliphatic heterocycles. The van der Waals surface area contributed by atoms with Crippen LogP contribution in [-0.2, 0) is 22.4 Å². The topological polar surface area (TPSA) is 118 Å². The van der Waals surface area contributed by atoms with Crippen LogP contribution in [-0.4, -0.2) is 59.1 Å². The molecule has 0 bridgehead atoms. The molecule has 192 valence electrons. The summed E-state index contributed by atoms with van der Waals surface area (Å²) < 4.78 is 16.9. The van der Waals surface area contributed by atoms with Gasteiger partial charge in [-0.3, -0.25) is 4.79 Å². The minimum absolute atomic E-state index is 0.139. The lowest BCUT2D eigenvalue weighted by Crippen LogP contribution is -2.30. The molecule has 4 rings (SSSR count). The van der Waals surface area contributed by atoms with Crippen LogP contribution in [0.15, 0.2) is 59.0 Å². The zero-order valence-electron chi connectivity index (χ0n) is 21.0. The molecule has 1 aromatic heterocycles. The van der Waals surface area contributed by atoms with E-state index in [1.165, 1.54) is 4.90 Å². The number of amides is 1. The Labute approximate surface area is 215 Å². The van der Waals surface area contributed by atoms with Gasteiger partial charge in [-0.2, -0.15) is 4.79 Å². The number of aromatic nitrogens is 1. The predicted octanol–water partition coefficient (Wildman–Crippen LogP) is 4.39. The number of hydrogen-bond acceptors (Lipinski definition) is 6. The average molecular weight is 503 g/mol. The quantitative estimate of drug-likeness (QED) is 0.230. The van der Waals surface area contributed by atoms with E-state index in [0.29, 0.717) is 37.6 Å². The van der Waals surface area contributed by atoms with Crippen LogP contribution in [0, 0.1) is 18.8 Å². The van der Waals surface area contributed by atoms with Gasteiger partial charge in [-0.25, -0.2) is 9.78 Å². The van der Waals surface area contributed by atoms with Crippen molar-refractivity contribution >= 4 is 18.1 Å². The first-order valence-electron chi connectivity index (χ1n) is 12.3. The number of ketones is 1. The van der Waals surface area contributed by atoms with Gasteiger partial charge in [-0.05, 0) is 56.0 Å². The van der Waals surface area contributed by atoms with Gasteiger partial charge in [-0.15, -0.1) is 0 Å². The Hall–Kier alpha value is -4.23. The van der Waals surface area contributed by atoms with Crippen LogP contribution >= 0.6 is 0 Å². The molecule has 0 aliphatic carbocycles. The van der Waals surface area contributed by atoms with E-state index in [2.05, 4.69) is 9.77 Å². The van der Waals surface area contributed by atoms with E-state index in [9.17, 15) is 9.59 Å². The normalized spacial score (nSPS) is 16.8. The van der Waals surface area contributed by atoms with Crippen molar-refractivity contribution in [2.75, 3.05) is 26.3 Å². The number of ether oxygens (including phenoxy) is 2. The molecule has 0 radical (unpaired) electrons. The largest absolute Gasteiger partial charge is 0.493 e. The number of carbonyl (C=O) groups excluding carboxylic acids is 2. The Morgan fingerprint density at radius 3 is 2.76 bits per heavy atom. The molecule has 0 spiro atoms. The SMILES string of the molecule is CCOC(=O)N1C[C@H](Cc2cccc(OCCc3nc(-c4ccccc4)oc3C)c2)[C@@H](C(=O)C=[N+]=[N-])C1. The molecule has 9 heteroatoms. The molecule has 1 aliphatic rings. The van der Waals surface area contributed by atoms with E-state index in [1.54, 1.807) is 6.92 Å². The highest BCUT2D eigenvalue weighted by Gasteiger charge is 2.40. The summed E-state index contributed by atoms with van der Waals surface area (Å²) in [6.45, 7) is 4.94. The second kappa shape index (κ2) is 12.1. The Morgan fingerprint density at radius 1 is 1.19 bits per heavy atom. The van der Waals surface area contributed by atoms with Crippen LogP contribution in [0.4, 0.5) is 4.79 Å². The van der Waals surface area contributed by atoms with Crippen LogP contribution in [0.1, 0.15) is 23.9 Å². The summed E-state index contributed by atoms with van der Waals surface area (Å²) in [6, 6.07) is 17.5. The fourth-order valence-corrected chi connectivity index (χ4v) is 4.61. The summed E-state index contributed by atoms with van der Waals surface area (Å²) in [5.41, 5.74) is 11.6. The number of Topliss-reactive ketones (excluding diaryl/α,β-unsaturated/α-hetero) is 1. The van der Waals surface area contributed by atoms with Crippen molar-refractivity contribution in [1.82, 2.24) is 9.88 Å². The molecule has 2 aromatic carbocycles. The number of carbonyl (C=O) groups is 2. The second-order valence-corrected chi connectivity index (χ2v) is 8.96. The van der Waals surface area contributed by atoms with E-state index in [0.717, 1.165) is 28.8 Å². The lowest BCUT2D eigenvalue weighted by atomic mass is 9.87. The van der Waals surface area contributed by atoms with Gasteiger partial charge in [0.05, 0.1) is 24.8 Å². The zero-order valence-corrected chi connectivity index (χ0v) is 21.0. The highest BCUT2D eigenvalue weighted by Crippen LogP contribution is 2.29. The number of aryl methyl sites for hydroxylation is 1. The molecule has 1 fully saturated rings. The van der Waals surface area contributed by atoms with E-state index >= 15 is 0 Å². The highest BCUT2D eigenvalue weighted by molar-refractivity contribution is 6.26. The minimum atomic E-state index is -0.473. The first-order chi connectivity index (χ1) is 18.0. The fraction of sp³-hybridized carbons (Fsp3) is 0.357. The van der Waals surface area contributed by atoms with Crippen molar-refractivity contribution in [3.63, 3.8) is 0 Å². The molecular weight excluding hydrogens is 472 g/mol. The number of nitrogens with zero attached hydrogens (tertiary/aromatic N) is 4. The Morgan fingerprint density at radius 2 is 2.00 bits per heavy atom. The molecular formula is C28H30N4O5. The van der Waals surface area contributed by atoms with Crippen molar-refractivity contribution in [1.29, 1.82) is 0 Å². The molecule has 3 aromatic rings. The van der Waals surface area contributed by atoms with Gasteiger partial charge in [0.25, 0.3) is 0 Å². The van der Waals surface area contributed by atoms with E-state index < -0.39 is 12.0 Å². The van der Waals surface area contributed by atoms with Gasteiger partial charge < -0.3 is 24.3 Å². The molecule has 1 saturated heterocycles. The van der Waals surface area contributed by atoms with Gasteiger partial charge in [0, 0.05) is 25.1 Å². The van der Waals surface area contributed by atoms with E-state index in [-0.39, 0.29) is 24.9 Å². The van der Waals surface area contributed by atoms with Crippen molar-refractivity contribution < 1.29 is 28.3 Å². The van der Waals surface area contributed by atoms with E-state index in [4.69, 9.17) is 19.4 Å². The zero-order chi connectivity index (χ0) is 26.2. The standard InChI is InChI=1S/C28H30N4O5/c1-3-35-28(34)32-17-22(24(18-32)26(33)16-30-29)14-20-8-7-11-23(15-20)36-13-12-25-19(2)37-27(31-25)21-9-5-4-6-10-21/h4-11,15-16,22,24H,3,12-14,17-18H2,1-2H3/t22-,24-/m0/s1. The van der Waals surface area contributed by atoms with Gasteiger partial charge in [0.1, 0.15) is 11.5 Å². The van der Waals surface area contributed by atoms with Crippen molar-refractivity contribution in [2.45, 2.75) is 26.7 Å². The molecule has 0 saturated carbocycles. The Balaban J connectivity index is 1.38. The first-order valence-corrected chi connectivity index (χ1v) is 12.3. The van der Waals surface area contributed by atoms with Gasteiger partial charge in [0.15, 0.2) is 0 Å². The number of oxazole rings is 1. The fourth-order valence-electron chi connectivity index (χ4n) is 4.61. The van der Waals surface area contributed by atoms with Crippen LogP contribution in [0.25, 0.3) is 17.0 Å². The van der Waals surface area contributed by atoms with Crippen LogP contribution in [0.5, 0.6) is 5.75 Å². The summed E-state index contributed by atoms with van der Waals surface area (Å²) in [6.07, 6.45) is 1.62. The number of hydrogen-bond donors (Lipinski definition) is 0. The molecule has 2 atom stereocenters. The van der Waals surface area contributed by atoms with Crippen molar-refractivity contribution in [3.8, 4) is 17.2 Å². The maximum atomic E-state index is 12.5. The summed E-state index contributed by atoms with van der Waals surface area (Å²) in [4.78, 5) is 33.8. The molecule has 9 nitrogen and oxygen atoms in total. The van der Waals surface area contributed by atoms with Crippen LogP contribution in [0.2, 0.25) is 0 Å². The first kappa shape index (κ1) is 25.9. The maximum Gasteiger partial charge on any atom is 0.409 e. The van der Waals surface area contributed by atoms with Gasteiger partial charge in [0.2, 0.25) is 11.7 Å². The molecule has 0 unspecified atom stereocenters. The third-order valence-corrected chi connectivity index (χ3v) is 6.43. The number of likely N-dealkylation sites (tertiary alicyclic amines) is 1. The summed E-state index contributed by atoms with van der Waals surface area (Å²) in [7, 11) is 0. The van der Waals surface area contributed by atoms with Gasteiger partial charge in [-0.1, -0.05) is 30.3 Å². The highest BCUT2D eigenvalue weighted by atomic mass is 16.6. The Kier molecular flexibility index (Phi) is 8.48. The molecule has 37 heavy (non-hydrogen) atoms. The molecule has 0 N–H and O–H groups in total. The minimum Gasteiger partial charge on any atom is -0.493 e. The van der Waals surface area contributed by atoms with Gasteiger partial charge >= 0.3 is 12.3 Å². The van der Waals surface area contributed by atoms with Crippen molar-refractivity contribution in [3.05, 3.63) is 77.1 Å². The van der Waals surface area contributed by atoms with E-state index in [1.807, 2.05) is 61.5 Å². The number of benzene rings is 2. The Bertz CT molecular complexity index is 1280. The van der Waals surface area contributed by atoms with Crippen LogP contribution in [0.3, 0.4) is 0 Å². The smallest absolute Gasteiger partial charge is 0.409 e.